The van der Waals surface area contributed by atoms with Gasteiger partial charge in [0.2, 0.25) is 0 Å². The van der Waals surface area contributed by atoms with Crippen molar-refractivity contribution in [1.29, 1.82) is 5.26 Å². The van der Waals surface area contributed by atoms with E-state index in [0.717, 1.165) is 34.4 Å². The summed E-state index contributed by atoms with van der Waals surface area (Å²) in [6.45, 7) is 4.03. The third-order valence-electron chi connectivity index (χ3n) is 6.20. The van der Waals surface area contributed by atoms with Gasteiger partial charge in [-0.3, -0.25) is 14.5 Å². The Bertz CT molecular complexity index is 1600. The molecule has 4 aromatic rings. The lowest BCUT2D eigenvalue weighted by Gasteiger charge is -2.12. The third kappa shape index (κ3) is 5.10. The summed E-state index contributed by atoms with van der Waals surface area (Å²) in [5.41, 5.74) is 4.91. The fourth-order valence-corrected chi connectivity index (χ4v) is 5.11. The van der Waals surface area contributed by atoms with E-state index in [1.165, 1.54) is 17.0 Å². The van der Waals surface area contributed by atoms with E-state index in [1.807, 2.05) is 44.2 Å². The number of amides is 2. The van der Waals surface area contributed by atoms with E-state index in [4.69, 9.17) is 10.00 Å². The Balaban J connectivity index is 1.34. The molecular weight excluding hydrogens is 501 g/mol. The van der Waals surface area contributed by atoms with Crippen molar-refractivity contribution >= 4 is 29.0 Å². The number of imide groups is 1. The van der Waals surface area contributed by atoms with Crippen LogP contribution in [0.25, 0.3) is 11.8 Å². The van der Waals surface area contributed by atoms with Crippen molar-refractivity contribution in [2.24, 2.45) is 0 Å². The number of carbonyl (C=O) groups excluding carboxylic acids is 2. The molecule has 0 radical (unpaired) electrons. The summed E-state index contributed by atoms with van der Waals surface area (Å²) in [4.78, 5) is 27.1. The number of halogens is 1. The first-order chi connectivity index (χ1) is 18.3. The van der Waals surface area contributed by atoms with Gasteiger partial charge in [0.25, 0.3) is 11.1 Å². The molecule has 1 fully saturated rings. The summed E-state index contributed by atoms with van der Waals surface area (Å²) in [5.74, 6) is 0.571. The minimum Gasteiger partial charge on any atom is -0.457 e. The standard InChI is InChI=1S/C30H22FN3O3S/c1-19-15-23(16-28-29(35)33(30(36)38-28)18-22-3-7-24(31)8-4-22)20(2)34(19)25-9-13-27(14-10-25)37-26-11-5-21(17-32)6-12-26/h3-16H,18H2,1-2H3/b28-16-. The Kier molecular flexibility index (Phi) is 6.86. The monoisotopic (exact) mass is 523 g/mol. The number of rotatable bonds is 6. The van der Waals surface area contributed by atoms with Gasteiger partial charge in [-0.1, -0.05) is 12.1 Å². The molecule has 5 rings (SSSR count). The van der Waals surface area contributed by atoms with E-state index in [0.29, 0.717) is 27.5 Å². The van der Waals surface area contributed by atoms with Crippen molar-refractivity contribution in [1.82, 2.24) is 9.47 Å². The zero-order valence-electron chi connectivity index (χ0n) is 20.6. The molecule has 0 atom stereocenters. The molecule has 3 aromatic carbocycles. The van der Waals surface area contributed by atoms with Crippen LogP contribution in [0, 0.1) is 31.0 Å². The Hall–Kier alpha value is -4.61. The van der Waals surface area contributed by atoms with Crippen LogP contribution in [0.5, 0.6) is 11.5 Å². The molecule has 1 aliphatic rings. The first kappa shape index (κ1) is 25.1. The molecule has 0 saturated carbocycles. The van der Waals surface area contributed by atoms with Crippen LogP contribution in [0.1, 0.15) is 28.1 Å². The summed E-state index contributed by atoms with van der Waals surface area (Å²) >= 11 is 0.905. The quantitative estimate of drug-likeness (QED) is 0.251. The molecule has 6 nitrogen and oxygen atoms in total. The van der Waals surface area contributed by atoms with Gasteiger partial charge < -0.3 is 9.30 Å². The Morgan fingerprint density at radius 1 is 0.947 bits per heavy atom. The van der Waals surface area contributed by atoms with E-state index < -0.39 is 0 Å². The summed E-state index contributed by atoms with van der Waals surface area (Å²) in [7, 11) is 0. The van der Waals surface area contributed by atoms with Gasteiger partial charge in [0.05, 0.1) is 23.1 Å². The van der Waals surface area contributed by atoms with Crippen LogP contribution < -0.4 is 4.74 Å². The van der Waals surface area contributed by atoms with Crippen LogP contribution >= 0.6 is 11.8 Å². The molecule has 2 amide bonds. The smallest absolute Gasteiger partial charge is 0.293 e. The molecular formula is C30H22FN3O3S. The highest BCUT2D eigenvalue weighted by molar-refractivity contribution is 8.18. The van der Waals surface area contributed by atoms with Gasteiger partial charge in [-0.05, 0) is 110 Å². The maximum atomic E-state index is 13.2. The van der Waals surface area contributed by atoms with E-state index in [2.05, 4.69) is 10.6 Å². The van der Waals surface area contributed by atoms with Crippen LogP contribution in [-0.4, -0.2) is 20.6 Å². The summed E-state index contributed by atoms with van der Waals surface area (Å²) in [5, 5.41) is 8.59. The second-order valence-corrected chi connectivity index (χ2v) is 9.78. The summed E-state index contributed by atoms with van der Waals surface area (Å²) < 4.78 is 21.2. The SMILES string of the molecule is Cc1cc(/C=C2\SC(=O)N(Cc3ccc(F)cc3)C2=O)c(C)n1-c1ccc(Oc2ccc(C#N)cc2)cc1. The molecule has 0 bridgehead atoms. The number of nitriles is 1. The third-order valence-corrected chi connectivity index (χ3v) is 7.11. The Labute approximate surface area is 223 Å². The van der Waals surface area contributed by atoms with Crippen molar-refractivity contribution in [3.63, 3.8) is 0 Å². The van der Waals surface area contributed by atoms with Crippen LogP contribution in [0.4, 0.5) is 9.18 Å². The molecule has 2 heterocycles. The van der Waals surface area contributed by atoms with Gasteiger partial charge in [0, 0.05) is 17.1 Å². The second kappa shape index (κ2) is 10.4. The number of hydrogen-bond donors (Lipinski definition) is 0. The van der Waals surface area contributed by atoms with Gasteiger partial charge in [0.1, 0.15) is 17.3 Å². The largest absolute Gasteiger partial charge is 0.457 e. The first-order valence-electron chi connectivity index (χ1n) is 11.8. The van der Waals surface area contributed by atoms with Crippen LogP contribution in [0.15, 0.2) is 83.8 Å². The molecule has 0 spiro atoms. The Morgan fingerprint density at radius 2 is 1.58 bits per heavy atom. The van der Waals surface area contributed by atoms with Gasteiger partial charge in [-0.2, -0.15) is 5.26 Å². The van der Waals surface area contributed by atoms with Gasteiger partial charge in [-0.25, -0.2) is 4.39 Å². The van der Waals surface area contributed by atoms with E-state index in [1.54, 1.807) is 42.5 Å². The topological polar surface area (TPSA) is 75.3 Å². The zero-order chi connectivity index (χ0) is 26.8. The van der Waals surface area contributed by atoms with Crippen LogP contribution in [-0.2, 0) is 11.3 Å². The normalized spacial score (nSPS) is 14.3. The fraction of sp³-hybridized carbons (Fsp3) is 0.100. The van der Waals surface area contributed by atoms with E-state index in [-0.39, 0.29) is 23.5 Å². The number of hydrogen-bond acceptors (Lipinski definition) is 5. The molecule has 38 heavy (non-hydrogen) atoms. The lowest BCUT2D eigenvalue weighted by Crippen LogP contribution is -2.27. The first-order valence-corrected chi connectivity index (χ1v) is 12.6. The summed E-state index contributed by atoms with van der Waals surface area (Å²) in [6.07, 6.45) is 1.75. The van der Waals surface area contributed by atoms with Crippen molar-refractivity contribution in [2.45, 2.75) is 20.4 Å². The highest BCUT2D eigenvalue weighted by Crippen LogP contribution is 2.35. The van der Waals surface area contributed by atoms with E-state index in [9.17, 15) is 14.0 Å². The fourth-order valence-electron chi connectivity index (χ4n) is 4.28. The maximum absolute atomic E-state index is 13.2. The number of ether oxygens (including phenoxy) is 1. The molecule has 0 N–H and O–H groups in total. The molecule has 0 unspecified atom stereocenters. The average Bonchev–Trinajstić information content (AvgIpc) is 3.34. The number of aryl methyl sites for hydroxylation is 1. The molecule has 188 valence electrons. The maximum Gasteiger partial charge on any atom is 0.293 e. The number of aromatic nitrogens is 1. The zero-order valence-corrected chi connectivity index (χ0v) is 21.5. The van der Waals surface area contributed by atoms with Crippen molar-refractivity contribution in [3.05, 3.63) is 118 Å². The lowest BCUT2D eigenvalue weighted by molar-refractivity contribution is -0.123. The Morgan fingerprint density at radius 3 is 2.21 bits per heavy atom. The van der Waals surface area contributed by atoms with Crippen molar-refractivity contribution in [3.8, 4) is 23.3 Å². The minimum atomic E-state index is -0.369. The second-order valence-electron chi connectivity index (χ2n) is 8.79. The highest BCUT2D eigenvalue weighted by atomic mass is 32.2. The van der Waals surface area contributed by atoms with Gasteiger partial charge >= 0.3 is 0 Å². The average molecular weight is 524 g/mol. The molecule has 0 aliphatic carbocycles. The number of carbonyl (C=O) groups is 2. The van der Waals surface area contributed by atoms with Crippen LogP contribution in [0.2, 0.25) is 0 Å². The highest BCUT2D eigenvalue weighted by Gasteiger charge is 2.35. The van der Waals surface area contributed by atoms with Crippen molar-refractivity contribution in [2.75, 3.05) is 0 Å². The van der Waals surface area contributed by atoms with Gasteiger partial charge in [-0.15, -0.1) is 0 Å². The molecule has 1 aliphatic heterocycles. The molecule has 1 aromatic heterocycles. The number of benzene rings is 3. The predicted octanol–water partition coefficient (Wildman–Crippen LogP) is 7.13. The van der Waals surface area contributed by atoms with Gasteiger partial charge in [0.15, 0.2) is 0 Å². The number of thioether (sulfide) groups is 1. The van der Waals surface area contributed by atoms with Crippen molar-refractivity contribution < 1.29 is 18.7 Å². The molecule has 1 saturated heterocycles. The lowest BCUT2D eigenvalue weighted by atomic mass is 10.2. The van der Waals surface area contributed by atoms with Crippen LogP contribution in [0.3, 0.4) is 0 Å². The van der Waals surface area contributed by atoms with E-state index >= 15 is 0 Å². The predicted molar refractivity (Wildman–Crippen MR) is 144 cm³/mol. The number of nitrogens with zero attached hydrogens (tertiary/aromatic N) is 3. The molecule has 8 heteroatoms. The minimum absolute atomic E-state index is 0.0954. The summed E-state index contributed by atoms with van der Waals surface area (Å²) in [6, 6.07) is 24.3.